The van der Waals surface area contributed by atoms with E-state index in [9.17, 15) is 0 Å². The first-order valence-electron chi connectivity index (χ1n) is 30.8. The first-order valence-corrected chi connectivity index (χ1v) is 30.8. The van der Waals surface area contributed by atoms with E-state index >= 15 is 13.2 Å². The number of hydrogen-bond donors (Lipinski definition) is 0. The number of hydrogen-bond acceptors (Lipinski definition) is 3. The Kier molecular flexibility index (Phi) is 14.0. The minimum atomic E-state index is -4.93. The Morgan fingerprint density at radius 3 is 0.756 bits per heavy atom. The standard InChI is InChI=1S/C82H68F3N5/c1-45-31-49(5)74(50(6)32-45)59-23-27-68-64(39-59)65-40-60(75-51(7)33-46(2)34-52(75)8)24-28-69(65)89(68)72-43-63(81-87-79(57-19-15-13-16-20-57)86-80(88-81)58-21-17-14-18-22-58)44-73(78(72)82(83,84)85)90-70-29-25-61(76-53(9)35-47(3)36-54(76)10)41-66(70)67-42-62(26-30-71(67)90)77-55(11)37-48(4)38-56(77)12/h13-44H,1-12H3. The van der Waals surface area contributed by atoms with Gasteiger partial charge in [0.1, 0.15) is 5.56 Å². The molecule has 3 aromatic heterocycles. The van der Waals surface area contributed by atoms with Crippen LogP contribution in [0.2, 0.25) is 0 Å². The minimum Gasteiger partial charge on any atom is -0.309 e. The zero-order chi connectivity index (χ0) is 62.8. The summed E-state index contributed by atoms with van der Waals surface area (Å²) >= 11 is 0. The predicted molar refractivity (Wildman–Crippen MR) is 368 cm³/mol. The van der Waals surface area contributed by atoms with Crippen LogP contribution >= 0.6 is 0 Å². The molecule has 90 heavy (non-hydrogen) atoms. The van der Waals surface area contributed by atoms with Gasteiger partial charge in [0.05, 0.1) is 33.4 Å². The van der Waals surface area contributed by atoms with Crippen LogP contribution in [-0.2, 0) is 6.18 Å². The molecular weight excluding hydrogens is 1110 g/mol. The highest BCUT2D eigenvalue weighted by Crippen LogP contribution is 2.49. The topological polar surface area (TPSA) is 48.5 Å². The summed E-state index contributed by atoms with van der Waals surface area (Å²) in [5, 5.41) is 3.29. The fourth-order valence-electron chi connectivity index (χ4n) is 15.1. The molecule has 11 aromatic carbocycles. The van der Waals surface area contributed by atoms with Crippen molar-refractivity contribution in [2.24, 2.45) is 0 Å². The third-order valence-corrected chi connectivity index (χ3v) is 18.2. The molecule has 0 fully saturated rings. The van der Waals surface area contributed by atoms with E-state index in [2.05, 4.69) is 180 Å². The fraction of sp³-hybridized carbons (Fsp3) is 0.159. The monoisotopic (exact) mass is 1180 g/mol. The zero-order valence-electron chi connectivity index (χ0n) is 52.8. The number of alkyl halides is 3. The third-order valence-electron chi connectivity index (χ3n) is 18.2. The molecule has 0 aliphatic rings. The molecule has 442 valence electrons. The lowest BCUT2D eigenvalue weighted by molar-refractivity contribution is -0.137. The number of halogens is 3. The molecule has 0 unspecified atom stereocenters. The molecule has 0 atom stereocenters. The third kappa shape index (κ3) is 9.86. The van der Waals surface area contributed by atoms with Crippen molar-refractivity contribution in [3.05, 3.63) is 266 Å². The van der Waals surface area contributed by atoms with Crippen molar-refractivity contribution >= 4 is 43.6 Å². The van der Waals surface area contributed by atoms with E-state index in [4.69, 9.17) is 15.0 Å². The summed E-state index contributed by atoms with van der Waals surface area (Å²) in [6, 6.07) is 65.2. The van der Waals surface area contributed by atoms with E-state index in [1.807, 2.05) is 94.1 Å². The van der Waals surface area contributed by atoms with Gasteiger partial charge in [0, 0.05) is 38.2 Å². The van der Waals surface area contributed by atoms with Crippen LogP contribution in [-0.4, -0.2) is 24.1 Å². The molecule has 0 radical (unpaired) electrons. The van der Waals surface area contributed by atoms with Gasteiger partial charge in [0.15, 0.2) is 17.5 Å². The summed E-state index contributed by atoms with van der Waals surface area (Å²) < 4.78 is 57.0. The maximum absolute atomic E-state index is 17.8. The van der Waals surface area contributed by atoms with Crippen molar-refractivity contribution in [3.63, 3.8) is 0 Å². The Bertz CT molecular complexity index is 4660. The Labute approximate surface area is 523 Å². The van der Waals surface area contributed by atoms with Gasteiger partial charge in [0.2, 0.25) is 0 Å². The summed E-state index contributed by atoms with van der Waals surface area (Å²) in [7, 11) is 0. The zero-order valence-corrected chi connectivity index (χ0v) is 52.8. The smallest absolute Gasteiger partial charge is 0.309 e. The highest BCUT2D eigenvalue weighted by Gasteiger charge is 2.40. The fourth-order valence-corrected chi connectivity index (χ4v) is 15.1. The quantitative estimate of drug-likeness (QED) is 0.145. The lowest BCUT2D eigenvalue weighted by atomic mass is 9.91. The molecule has 0 aliphatic heterocycles. The molecule has 0 N–H and O–H groups in total. The van der Waals surface area contributed by atoms with Gasteiger partial charge in [-0.1, -0.05) is 156 Å². The molecular formula is C82H68F3N5. The van der Waals surface area contributed by atoms with E-state index < -0.39 is 11.7 Å². The summed E-state index contributed by atoms with van der Waals surface area (Å²) in [6.07, 6.45) is -4.93. The molecule has 0 bridgehead atoms. The number of aryl methyl sites for hydroxylation is 12. The van der Waals surface area contributed by atoms with Crippen LogP contribution in [0.25, 0.3) is 134 Å². The molecule has 5 nitrogen and oxygen atoms in total. The highest BCUT2D eigenvalue weighted by molar-refractivity contribution is 6.14. The number of benzene rings is 11. The molecule has 8 heteroatoms. The van der Waals surface area contributed by atoms with E-state index in [0.717, 1.165) is 144 Å². The average Bonchev–Trinajstić information content (AvgIpc) is 1.53. The molecule has 0 saturated heterocycles. The van der Waals surface area contributed by atoms with Crippen LogP contribution in [0, 0.1) is 83.1 Å². The lowest BCUT2D eigenvalue weighted by Crippen LogP contribution is -2.16. The van der Waals surface area contributed by atoms with Gasteiger partial charge in [-0.15, -0.1) is 0 Å². The van der Waals surface area contributed by atoms with Crippen LogP contribution in [0.15, 0.2) is 194 Å². The second-order valence-electron chi connectivity index (χ2n) is 25.1. The Morgan fingerprint density at radius 1 is 0.267 bits per heavy atom. The summed E-state index contributed by atoms with van der Waals surface area (Å²) in [6.45, 7) is 25.5. The predicted octanol–water partition coefficient (Wildman–Crippen LogP) is 22.5. The van der Waals surface area contributed by atoms with Crippen LogP contribution in [0.4, 0.5) is 13.2 Å². The molecule has 3 heterocycles. The molecule has 14 aromatic rings. The van der Waals surface area contributed by atoms with Gasteiger partial charge >= 0.3 is 6.18 Å². The summed E-state index contributed by atoms with van der Waals surface area (Å²) in [4.78, 5) is 15.5. The first-order chi connectivity index (χ1) is 43.2. The molecule has 0 saturated carbocycles. The largest absolute Gasteiger partial charge is 0.420 e. The molecule has 0 aliphatic carbocycles. The van der Waals surface area contributed by atoms with Gasteiger partial charge in [-0.25, -0.2) is 15.0 Å². The van der Waals surface area contributed by atoms with Gasteiger partial charge in [-0.2, -0.15) is 13.2 Å². The second kappa shape index (κ2) is 21.8. The highest BCUT2D eigenvalue weighted by atomic mass is 19.4. The van der Waals surface area contributed by atoms with Crippen molar-refractivity contribution in [3.8, 4) is 90.0 Å². The first kappa shape index (κ1) is 57.6. The van der Waals surface area contributed by atoms with Crippen molar-refractivity contribution in [1.82, 2.24) is 24.1 Å². The molecule has 14 rings (SSSR count). The van der Waals surface area contributed by atoms with Crippen LogP contribution in [0.3, 0.4) is 0 Å². The molecule has 0 spiro atoms. The van der Waals surface area contributed by atoms with Crippen molar-refractivity contribution in [2.45, 2.75) is 89.3 Å². The summed E-state index contributed by atoms with van der Waals surface area (Å²) in [5.41, 5.74) is 25.4. The van der Waals surface area contributed by atoms with Crippen molar-refractivity contribution in [2.75, 3.05) is 0 Å². The summed E-state index contributed by atoms with van der Waals surface area (Å²) in [5.74, 6) is 1.01. The van der Waals surface area contributed by atoms with E-state index in [-0.39, 0.29) is 17.2 Å². The normalized spacial score (nSPS) is 11.9. The SMILES string of the molecule is Cc1cc(C)c(-c2ccc3c(c2)c2cc(-c4c(C)cc(C)cc4C)ccc2n3-c2cc(-c3nc(-c4ccccc4)nc(-c4ccccc4)n3)cc(-n3c4ccc(-c5c(C)cc(C)cc5C)cc4c4cc(-c5c(C)cc(C)cc5C)ccc43)c2C(F)(F)F)c(C)c1. The second-order valence-corrected chi connectivity index (χ2v) is 25.1. The van der Waals surface area contributed by atoms with Crippen LogP contribution in [0.1, 0.15) is 72.3 Å². The van der Waals surface area contributed by atoms with Gasteiger partial charge in [0.25, 0.3) is 0 Å². The Morgan fingerprint density at radius 2 is 0.511 bits per heavy atom. The van der Waals surface area contributed by atoms with Crippen molar-refractivity contribution < 1.29 is 13.2 Å². The van der Waals surface area contributed by atoms with Gasteiger partial charge in [-0.3, -0.25) is 0 Å². The molecule has 0 amide bonds. The Hall–Kier alpha value is -10.2. The van der Waals surface area contributed by atoms with Crippen LogP contribution < -0.4 is 0 Å². The maximum atomic E-state index is 17.8. The van der Waals surface area contributed by atoms with Gasteiger partial charge < -0.3 is 9.13 Å². The average molecular weight is 1180 g/mol. The number of aromatic nitrogens is 5. The number of rotatable bonds is 9. The Balaban J connectivity index is 1.15. The number of fused-ring (bicyclic) bond motifs is 6. The van der Waals surface area contributed by atoms with Crippen molar-refractivity contribution in [1.29, 1.82) is 0 Å². The maximum Gasteiger partial charge on any atom is 0.420 e. The van der Waals surface area contributed by atoms with Crippen LogP contribution in [0.5, 0.6) is 0 Å². The lowest BCUT2D eigenvalue weighted by Gasteiger charge is -2.23. The minimum absolute atomic E-state index is 0.0659. The van der Waals surface area contributed by atoms with E-state index in [1.54, 1.807) is 12.1 Å². The van der Waals surface area contributed by atoms with E-state index in [1.165, 1.54) is 0 Å². The van der Waals surface area contributed by atoms with Gasteiger partial charge in [-0.05, 0) is 233 Å². The van der Waals surface area contributed by atoms with E-state index in [0.29, 0.717) is 39.3 Å². The number of nitrogens with zero attached hydrogens (tertiary/aromatic N) is 5.